The Morgan fingerprint density at radius 2 is 1.84 bits per heavy atom. The maximum atomic E-state index is 11.8. The highest BCUT2D eigenvalue weighted by atomic mass is 16.5. The van der Waals surface area contributed by atoms with Crippen LogP contribution in [0.3, 0.4) is 0 Å². The molecule has 0 aromatic carbocycles. The lowest BCUT2D eigenvalue weighted by Crippen LogP contribution is -2.50. The van der Waals surface area contributed by atoms with Crippen molar-refractivity contribution in [2.45, 2.75) is 92.1 Å². The lowest BCUT2D eigenvalue weighted by Gasteiger charge is -2.58. The van der Waals surface area contributed by atoms with E-state index in [-0.39, 0.29) is 18.0 Å². The van der Waals surface area contributed by atoms with Crippen LogP contribution in [0.5, 0.6) is 0 Å². The Hall–Kier alpha value is -1.58. The normalized spacial score (nSPS) is 41.8. The van der Waals surface area contributed by atoms with E-state index in [1.54, 1.807) is 11.6 Å². The Bertz CT molecular complexity index is 797. The number of carbonyl (C=O) groups is 2. The Kier molecular flexibility index (Phi) is 6.62. The lowest BCUT2D eigenvalue weighted by atomic mass is 9.47. The summed E-state index contributed by atoms with van der Waals surface area (Å²) >= 11 is 0. The molecule has 4 aliphatic rings. The van der Waals surface area contributed by atoms with Crippen molar-refractivity contribution in [3.8, 4) is 0 Å². The van der Waals surface area contributed by atoms with Crippen LogP contribution in [0.1, 0.15) is 86.0 Å². The van der Waals surface area contributed by atoms with E-state index in [0.717, 1.165) is 19.3 Å². The van der Waals surface area contributed by atoms with Crippen molar-refractivity contribution >= 4 is 11.9 Å². The fourth-order valence-corrected chi connectivity index (χ4v) is 8.30. The molecule has 0 spiro atoms. The summed E-state index contributed by atoms with van der Waals surface area (Å²) in [4.78, 5) is 23.3. The predicted octanol–water partition coefficient (Wildman–Crippen LogP) is 6.25. The second-order valence-electron chi connectivity index (χ2n) is 11.6. The minimum absolute atomic E-state index is 0.108. The highest BCUT2D eigenvalue weighted by Gasteiger charge is 2.58. The Morgan fingerprint density at radius 3 is 2.56 bits per heavy atom. The second-order valence-corrected chi connectivity index (χ2v) is 11.6. The molecule has 3 saturated carbocycles. The van der Waals surface area contributed by atoms with Gasteiger partial charge in [-0.05, 0) is 98.7 Å². The molecule has 8 atom stereocenters. The molecule has 0 aromatic rings. The topological polar surface area (TPSA) is 52.6 Å². The van der Waals surface area contributed by atoms with Gasteiger partial charge in [-0.2, -0.15) is 0 Å². The molecule has 32 heavy (non-hydrogen) atoms. The fraction of sp³-hybridized carbons (Fsp3) is 0.786. The van der Waals surface area contributed by atoms with Gasteiger partial charge in [-0.1, -0.05) is 38.5 Å². The van der Waals surface area contributed by atoms with Crippen LogP contribution in [0.2, 0.25) is 0 Å². The molecule has 4 rings (SSSR count). The van der Waals surface area contributed by atoms with Gasteiger partial charge in [0.15, 0.2) is 0 Å². The quantitative estimate of drug-likeness (QED) is 0.287. The van der Waals surface area contributed by atoms with Crippen molar-refractivity contribution in [1.82, 2.24) is 0 Å². The Morgan fingerprint density at radius 1 is 1.12 bits per heavy atom. The van der Waals surface area contributed by atoms with Crippen molar-refractivity contribution < 1.29 is 19.1 Å². The van der Waals surface area contributed by atoms with Crippen molar-refractivity contribution in [3.63, 3.8) is 0 Å². The summed E-state index contributed by atoms with van der Waals surface area (Å²) in [5, 5.41) is 0. The van der Waals surface area contributed by atoms with Crippen LogP contribution >= 0.6 is 0 Å². The number of ether oxygens (including phenoxy) is 2. The summed E-state index contributed by atoms with van der Waals surface area (Å²) in [5.41, 5.74) is 2.39. The molecule has 0 radical (unpaired) electrons. The van der Waals surface area contributed by atoms with Crippen LogP contribution in [0.25, 0.3) is 0 Å². The maximum absolute atomic E-state index is 11.8. The molecular weight excluding hydrogens is 400 g/mol. The zero-order chi connectivity index (χ0) is 23.1. The molecule has 0 saturated heterocycles. The first kappa shape index (κ1) is 23.6. The fourth-order valence-electron chi connectivity index (χ4n) is 8.30. The van der Waals surface area contributed by atoms with Gasteiger partial charge in [0.1, 0.15) is 6.10 Å². The molecule has 178 valence electrons. The number of carbonyl (C=O) groups excluding carboxylic acids is 2. The van der Waals surface area contributed by atoms with Gasteiger partial charge in [0.25, 0.3) is 0 Å². The molecule has 0 aromatic heterocycles. The zero-order valence-corrected chi connectivity index (χ0v) is 20.7. The van der Waals surface area contributed by atoms with Gasteiger partial charge >= 0.3 is 11.9 Å². The molecule has 0 heterocycles. The van der Waals surface area contributed by atoms with Crippen molar-refractivity contribution in [2.75, 3.05) is 6.61 Å². The first-order valence-electron chi connectivity index (χ1n) is 12.9. The summed E-state index contributed by atoms with van der Waals surface area (Å²) in [5.74, 6) is 2.62. The van der Waals surface area contributed by atoms with Crippen LogP contribution in [0.4, 0.5) is 0 Å². The summed E-state index contributed by atoms with van der Waals surface area (Å²) in [6.07, 6.45) is 15.3. The number of rotatable bonds is 5. The molecule has 3 fully saturated rings. The van der Waals surface area contributed by atoms with E-state index in [1.165, 1.54) is 45.1 Å². The Balaban J connectivity index is 1.48. The molecule has 4 heteroatoms. The van der Waals surface area contributed by atoms with E-state index in [9.17, 15) is 9.59 Å². The van der Waals surface area contributed by atoms with Gasteiger partial charge in [0.05, 0.1) is 6.61 Å². The molecular formula is C28H42O4. The van der Waals surface area contributed by atoms with Crippen molar-refractivity contribution in [2.24, 2.45) is 40.4 Å². The van der Waals surface area contributed by atoms with Crippen LogP contribution in [0.15, 0.2) is 23.8 Å². The van der Waals surface area contributed by atoms with Gasteiger partial charge in [0.2, 0.25) is 0 Å². The molecule has 0 amide bonds. The average Bonchev–Trinajstić information content (AvgIpc) is 3.09. The van der Waals surface area contributed by atoms with E-state index >= 15 is 0 Å². The van der Waals surface area contributed by atoms with Crippen LogP contribution < -0.4 is 0 Å². The van der Waals surface area contributed by atoms with E-state index in [1.807, 2.05) is 6.92 Å². The standard InChI is InChI=1S/C28H42O4/c1-6-7-26(30)31-17-18(2)23-10-11-24-22-9-8-20-16-21(32-19(3)29)12-14-27(20,4)25(22)13-15-28(23,24)5/h6-7,9,18,20-21,23-25H,8,10-17H2,1-5H3/b7-6+/t18-,20+,21+,23-,24+,25+,27+,28-/m1/s1. The molecule has 4 nitrogen and oxygen atoms in total. The minimum Gasteiger partial charge on any atom is -0.463 e. The number of fused-ring (bicyclic) bond motifs is 5. The molecule has 0 N–H and O–H groups in total. The number of hydrogen-bond donors (Lipinski definition) is 0. The van der Waals surface area contributed by atoms with Crippen molar-refractivity contribution in [3.05, 3.63) is 23.8 Å². The van der Waals surface area contributed by atoms with Crippen LogP contribution in [0, 0.1) is 40.4 Å². The van der Waals surface area contributed by atoms with Gasteiger partial charge < -0.3 is 9.47 Å². The largest absolute Gasteiger partial charge is 0.463 e. The van der Waals surface area contributed by atoms with E-state index in [2.05, 4.69) is 26.8 Å². The molecule has 0 aliphatic heterocycles. The minimum atomic E-state index is -0.221. The van der Waals surface area contributed by atoms with Crippen LogP contribution in [-0.2, 0) is 19.1 Å². The van der Waals surface area contributed by atoms with E-state index < -0.39 is 0 Å². The van der Waals surface area contributed by atoms with Gasteiger partial charge in [-0.3, -0.25) is 4.79 Å². The average molecular weight is 443 g/mol. The summed E-state index contributed by atoms with van der Waals surface area (Å²) in [6, 6.07) is 0. The zero-order valence-electron chi connectivity index (χ0n) is 20.7. The highest BCUT2D eigenvalue weighted by molar-refractivity contribution is 5.81. The smallest absolute Gasteiger partial charge is 0.330 e. The summed E-state index contributed by atoms with van der Waals surface area (Å²) in [7, 11) is 0. The third kappa shape index (κ3) is 4.07. The monoisotopic (exact) mass is 442 g/mol. The lowest BCUT2D eigenvalue weighted by molar-refractivity contribution is -0.152. The number of allylic oxidation sites excluding steroid dienone is 3. The van der Waals surface area contributed by atoms with E-state index in [0.29, 0.717) is 47.0 Å². The first-order chi connectivity index (χ1) is 15.2. The third-order valence-electron chi connectivity index (χ3n) is 9.92. The summed E-state index contributed by atoms with van der Waals surface area (Å²) in [6.45, 7) is 11.2. The first-order valence-corrected chi connectivity index (χ1v) is 12.9. The number of hydrogen-bond acceptors (Lipinski definition) is 4. The highest BCUT2D eigenvalue weighted by Crippen LogP contribution is 2.66. The predicted molar refractivity (Wildman–Crippen MR) is 126 cm³/mol. The van der Waals surface area contributed by atoms with Crippen molar-refractivity contribution in [1.29, 1.82) is 0 Å². The number of esters is 2. The summed E-state index contributed by atoms with van der Waals surface area (Å²) < 4.78 is 11.1. The SMILES string of the molecule is C/C=C/C(=O)OC[C@@H](C)[C@H]1CC[C@H]2C3=CC[C@H]4C[C@@H](OC(C)=O)CC[C@]4(C)[C@H]3CC[C@]12C. The third-order valence-corrected chi connectivity index (χ3v) is 9.92. The van der Waals surface area contributed by atoms with Crippen LogP contribution in [-0.4, -0.2) is 24.6 Å². The maximum Gasteiger partial charge on any atom is 0.330 e. The molecule has 4 aliphatic carbocycles. The Labute approximate surface area is 194 Å². The molecule has 0 unspecified atom stereocenters. The van der Waals surface area contributed by atoms with E-state index in [4.69, 9.17) is 9.47 Å². The van der Waals surface area contributed by atoms with Gasteiger partial charge in [-0.15, -0.1) is 0 Å². The van der Waals surface area contributed by atoms with Gasteiger partial charge in [-0.25, -0.2) is 4.79 Å². The second kappa shape index (κ2) is 8.99. The molecule has 0 bridgehead atoms. The van der Waals surface area contributed by atoms with Gasteiger partial charge in [0, 0.05) is 13.0 Å².